The van der Waals surface area contributed by atoms with E-state index in [-0.39, 0.29) is 53.5 Å². The number of rotatable bonds is 18. The monoisotopic (exact) mass is 764 g/mol. The smallest absolute Gasteiger partial charge is 0.284 e. The Bertz CT molecular complexity index is 1940. The molecule has 0 saturated carbocycles. The topological polar surface area (TPSA) is 108 Å². The van der Waals surface area contributed by atoms with Gasteiger partial charge in [-0.15, -0.1) is 13.2 Å². The van der Waals surface area contributed by atoms with Crippen LogP contribution in [0.1, 0.15) is 89.0 Å². The van der Waals surface area contributed by atoms with Gasteiger partial charge in [0.1, 0.15) is 40.9 Å². The molecule has 0 aromatic carbocycles. The first-order valence-corrected chi connectivity index (χ1v) is 16.5. The highest BCUT2D eigenvalue weighted by atomic mass is 19.3. The fourth-order valence-electron chi connectivity index (χ4n) is 5.80. The standard InChI is InChI=1S/C38H40F8N6O2/c1-20(2)17-37(5,19-53-28-9-7-24(50-30(28)34(43)44)22-11-13-48-26(15-22)32(39)40)52-36(38(6,47)18-21(3)4)54-29-10-8-25(51-31(29)35(45)46)23-12-14-49-27(16-23)33(41)42/h7-16,32-36,52H,1,3,17-19,47H2,2,4-6H3/t36?,37-,38+/m1/s1. The normalized spacial score (nSPS) is 14.6. The van der Waals surface area contributed by atoms with E-state index in [0.29, 0.717) is 11.1 Å². The summed E-state index contributed by atoms with van der Waals surface area (Å²) in [6.45, 7) is 14.3. The van der Waals surface area contributed by atoms with Crippen LogP contribution in [-0.4, -0.2) is 43.8 Å². The molecule has 4 aromatic heterocycles. The van der Waals surface area contributed by atoms with Crippen LogP contribution >= 0.6 is 0 Å². The molecule has 0 saturated heterocycles. The Morgan fingerprint density at radius 3 is 1.61 bits per heavy atom. The SMILES string of the molecule is C=C(C)C[C@](C)(COc1ccc(-c2ccnc(C(F)F)c2)nc1C(F)F)NC(Oc1ccc(-c2ccnc(C(F)F)c2)nc1C(F)F)[C@@](C)(N)CC(=C)C. The molecule has 16 heteroatoms. The van der Waals surface area contributed by atoms with Gasteiger partial charge >= 0.3 is 0 Å². The molecule has 0 radical (unpaired) electrons. The number of aromatic nitrogens is 4. The van der Waals surface area contributed by atoms with Crippen LogP contribution in [0.2, 0.25) is 0 Å². The fraction of sp³-hybridized carbons (Fsp3) is 0.368. The molecule has 4 rings (SSSR count). The third-order valence-corrected chi connectivity index (χ3v) is 8.03. The van der Waals surface area contributed by atoms with E-state index in [2.05, 4.69) is 38.4 Å². The lowest BCUT2D eigenvalue weighted by Gasteiger charge is -2.42. The van der Waals surface area contributed by atoms with Crippen molar-refractivity contribution in [3.63, 3.8) is 0 Å². The average molecular weight is 765 g/mol. The number of nitrogens with two attached hydrogens (primary N) is 1. The molecule has 3 atom stereocenters. The van der Waals surface area contributed by atoms with E-state index < -0.39 is 65.8 Å². The lowest BCUT2D eigenvalue weighted by Crippen LogP contribution is -2.65. The van der Waals surface area contributed by atoms with Gasteiger partial charge in [-0.2, -0.15) is 0 Å². The zero-order chi connectivity index (χ0) is 40.0. The van der Waals surface area contributed by atoms with Crippen LogP contribution in [0.15, 0.2) is 85.2 Å². The van der Waals surface area contributed by atoms with Crippen molar-refractivity contribution in [2.24, 2.45) is 5.73 Å². The summed E-state index contributed by atoms with van der Waals surface area (Å²) in [5.41, 5.74) is 3.06. The van der Waals surface area contributed by atoms with Crippen molar-refractivity contribution >= 4 is 0 Å². The Morgan fingerprint density at radius 2 is 1.17 bits per heavy atom. The molecule has 0 aliphatic heterocycles. The van der Waals surface area contributed by atoms with Gasteiger partial charge < -0.3 is 15.2 Å². The average Bonchev–Trinajstić information content (AvgIpc) is 3.09. The van der Waals surface area contributed by atoms with Crippen molar-refractivity contribution in [2.75, 3.05) is 6.61 Å². The van der Waals surface area contributed by atoms with Gasteiger partial charge in [0.15, 0.2) is 6.23 Å². The number of alkyl halides is 8. The van der Waals surface area contributed by atoms with Crippen molar-refractivity contribution in [2.45, 2.75) is 83.5 Å². The molecular formula is C38H40F8N6O2. The summed E-state index contributed by atoms with van der Waals surface area (Å²) >= 11 is 0. The lowest BCUT2D eigenvalue weighted by molar-refractivity contribution is 0.0336. The van der Waals surface area contributed by atoms with Crippen LogP contribution in [0.4, 0.5) is 35.1 Å². The fourth-order valence-corrected chi connectivity index (χ4v) is 5.80. The summed E-state index contributed by atoms with van der Waals surface area (Å²) in [7, 11) is 0. The van der Waals surface area contributed by atoms with Gasteiger partial charge in [-0.1, -0.05) is 11.1 Å². The highest BCUT2D eigenvalue weighted by Crippen LogP contribution is 2.35. The second-order valence-electron chi connectivity index (χ2n) is 13.6. The minimum absolute atomic E-state index is 0.00946. The Balaban J connectivity index is 1.69. The zero-order valence-corrected chi connectivity index (χ0v) is 29.9. The Kier molecular flexibility index (Phi) is 13.5. The first-order chi connectivity index (χ1) is 25.3. The predicted octanol–water partition coefficient (Wildman–Crippen LogP) is 10.1. The van der Waals surface area contributed by atoms with Crippen molar-refractivity contribution in [1.29, 1.82) is 0 Å². The van der Waals surface area contributed by atoms with Crippen LogP contribution in [0, 0.1) is 0 Å². The zero-order valence-electron chi connectivity index (χ0n) is 29.9. The van der Waals surface area contributed by atoms with E-state index in [4.69, 9.17) is 15.2 Å². The van der Waals surface area contributed by atoms with E-state index in [9.17, 15) is 35.1 Å². The minimum atomic E-state index is -3.16. The molecule has 0 spiro atoms. The summed E-state index contributed by atoms with van der Waals surface area (Å²) in [4.78, 5) is 15.2. The molecule has 0 bridgehead atoms. The lowest BCUT2D eigenvalue weighted by atomic mass is 9.88. The summed E-state index contributed by atoms with van der Waals surface area (Å²) in [6.07, 6.45) is -10.8. The quantitative estimate of drug-likeness (QED) is 0.0586. The van der Waals surface area contributed by atoms with Crippen molar-refractivity contribution in [3.05, 3.63) is 108 Å². The van der Waals surface area contributed by atoms with E-state index in [0.717, 1.165) is 24.5 Å². The van der Waals surface area contributed by atoms with Crippen LogP contribution in [0.5, 0.6) is 11.5 Å². The molecule has 0 fully saturated rings. The Morgan fingerprint density at radius 1 is 0.704 bits per heavy atom. The predicted molar refractivity (Wildman–Crippen MR) is 188 cm³/mol. The third kappa shape index (κ3) is 10.8. The second kappa shape index (κ2) is 17.5. The van der Waals surface area contributed by atoms with Gasteiger partial charge in [0, 0.05) is 23.5 Å². The molecule has 290 valence electrons. The molecule has 8 nitrogen and oxygen atoms in total. The number of ether oxygens (including phenoxy) is 2. The third-order valence-electron chi connectivity index (χ3n) is 8.03. The summed E-state index contributed by atoms with van der Waals surface area (Å²) in [5.74, 6) is -0.662. The van der Waals surface area contributed by atoms with E-state index in [1.165, 1.54) is 36.4 Å². The van der Waals surface area contributed by atoms with Gasteiger partial charge in [-0.05, 0) is 89.1 Å². The van der Waals surface area contributed by atoms with Gasteiger partial charge in [-0.3, -0.25) is 15.3 Å². The highest BCUT2D eigenvalue weighted by Gasteiger charge is 2.40. The van der Waals surface area contributed by atoms with E-state index >= 15 is 0 Å². The second-order valence-corrected chi connectivity index (χ2v) is 13.6. The van der Waals surface area contributed by atoms with E-state index in [1.807, 2.05) is 0 Å². The van der Waals surface area contributed by atoms with Crippen molar-refractivity contribution < 1.29 is 44.6 Å². The summed E-state index contributed by atoms with van der Waals surface area (Å²) in [5, 5.41) is 3.24. The number of hydrogen-bond donors (Lipinski definition) is 2. The van der Waals surface area contributed by atoms with Gasteiger partial charge in [-0.25, -0.2) is 45.1 Å². The highest BCUT2D eigenvalue weighted by molar-refractivity contribution is 5.61. The molecule has 3 N–H and O–H groups in total. The number of pyridine rings is 4. The molecule has 0 amide bonds. The molecule has 1 unspecified atom stereocenters. The molecular weight excluding hydrogens is 724 g/mol. The van der Waals surface area contributed by atoms with Crippen molar-refractivity contribution in [1.82, 2.24) is 25.3 Å². The number of nitrogens with one attached hydrogen (secondary N) is 1. The number of halogens is 8. The molecule has 4 heterocycles. The maximum Gasteiger partial charge on any atom is 0.284 e. The molecule has 54 heavy (non-hydrogen) atoms. The van der Waals surface area contributed by atoms with Crippen LogP contribution in [0.3, 0.4) is 0 Å². The maximum absolute atomic E-state index is 14.5. The molecule has 0 aliphatic carbocycles. The van der Waals surface area contributed by atoms with Gasteiger partial charge in [0.2, 0.25) is 0 Å². The summed E-state index contributed by atoms with van der Waals surface area (Å²) in [6, 6.07) is 9.94. The van der Waals surface area contributed by atoms with Crippen LogP contribution in [0.25, 0.3) is 22.5 Å². The Labute approximate surface area is 307 Å². The van der Waals surface area contributed by atoms with E-state index in [1.54, 1.807) is 27.7 Å². The maximum atomic E-state index is 14.5. The van der Waals surface area contributed by atoms with Crippen LogP contribution in [-0.2, 0) is 0 Å². The van der Waals surface area contributed by atoms with Gasteiger partial charge in [0.05, 0.1) is 22.5 Å². The molecule has 4 aromatic rings. The summed E-state index contributed by atoms with van der Waals surface area (Å²) < 4.78 is 123. The first-order valence-electron chi connectivity index (χ1n) is 16.5. The van der Waals surface area contributed by atoms with Gasteiger partial charge in [0.25, 0.3) is 25.7 Å². The minimum Gasteiger partial charge on any atom is -0.490 e. The number of nitrogens with zero attached hydrogens (tertiary/aromatic N) is 4. The molecule has 0 aliphatic rings. The largest absolute Gasteiger partial charge is 0.490 e. The Hall–Kier alpha value is -4.96. The van der Waals surface area contributed by atoms with Crippen LogP contribution < -0.4 is 20.5 Å². The number of hydrogen-bond acceptors (Lipinski definition) is 8. The van der Waals surface area contributed by atoms with Crippen molar-refractivity contribution in [3.8, 4) is 34.0 Å². The first kappa shape index (κ1) is 41.8.